The first-order valence-electron chi connectivity index (χ1n) is 22.4. The van der Waals surface area contributed by atoms with Gasteiger partial charge in [-0.2, -0.15) is 0 Å². The fourth-order valence-electron chi connectivity index (χ4n) is 9.52. The molecule has 0 aliphatic rings. The van der Waals surface area contributed by atoms with E-state index in [9.17, 15) is 0 Å². The molecule has 0 aliphatic carbocycles. The van der Waals surface area contributed by atoms with Crippen LogP contribution in [0, 0.1) is 0 Å². The lowest BCUT2D eigenvalue weighted by molar-refractivity contribution is 0.623. The smallest absolute Gasteiger partial charge is 0.227 e. The van der Waals surface area contributed by atoms with Crippen molar-refractivity contribution < 1.29 is 4.42 Å². The van der Waals surface area contributed by atoms with Crippen molar-refractivity contribution in [3.63, 3.8) is 0 Å². The Morgan fingerprint density at radius 2 is 0.879 bits per heavy atom. The molecule has 0 radical (unpaired) electrons. The van der Waals surface area contributed by atoms with Crippen LogP contribution in [-0.4, -0.2) is 4.98 Å². The quantitative estimate of drug-likeness (QED) is 0.145. The fraction of sp³-hybridized carbons (Fsp3) is 0. The predicted octanol–water partition coefficient (Wildman–Crippen LogP) is 17.6. The van der Waals surface area contributed by atoms with Gasteiger partial charge in [0.25, 0.3) is 0 Å². The van der Waals surface area contributed by atoms with Crippen molar-refractivity contribution in [2.75, 3.05) is 4.90 Å². The van der Waals surface area contributed by atoms with Crippen LogP contribution in [-0.2, 0) is 0 Å². The molecule has 0 amide bonds. The number of hydrogen-bond acceptors (Lipinski definition) is 3. The van der Waals surface area contributed by atoms with Gasteiger partial charge in [-0.3, -0.25) is 0 Å². The summed E-state index contributed by atoms with van der Waals surface area (Å²) in [6.45, 7) is 0. The molecule has 3 nitrogen and oxygen atoms in total. The summed E-state index contributed by atoms with van der Waals surface area (Å²) in [6.07, 6.45) is 0. The molecular formula is C63H42N2O. The van der Waals surface area contributed by atoms with Gasteiger partial charge in [0, 0.05) is 33.5 Å². The first-order chi connectivity index (χ1) is 32.7. The zero-order valence-electron chi connectivity index (χ0n) is 36.1. The van der Waals surface area contributed by atoms with Gasteiger partial charge in [-0.25, -0.2) is 4.98 Å². The zero-order valence-corrected chi connectivity index (χ0v) is 36.1. The van der Waals surface area contributed by atoms with Crippen LogP contribution in [0.15, 0.2) is 259 Å². The van der Waals surface area contributed by atoms with Crippen LogP contribution in [0.1, 0.15) is 0 Å². The third-order valence-electron chi connectivity index (χ3n) is 12.7. The van der Waals surface area contributed by atoms with Crippen molar-refractivity contribution in [2.24, 2.45) is 0 Å². The Hall–Kier alpha value is -8.79. The van der Waals surface area contributed by atoms with E-state index in [1.165, 1.54) is 21.9 Å². The molecular weight excluding hydrogens is 801 g/mol. The van der Waals surface area contributed by atoms with Crippen LogP contribution in [0.4, 0.5) is 17.1 Å². The summed E-state index contributed by atoms with van der Waals surface area (Å²) < 4.78 is 6.66. The Bertz CT molecular complexity index is 3690. The third-order valence-corrected chi connectivity index (χ3v) is 12.7. The number of benzene rings is 11. The maximum Gasteiger partial charge on any atom is 0.227 e. The highest BCUT2D eigenvalue weighted by Gasteiger charge is 2.23. The molecule has 0 bridgehead atoms. The lowest BCUT2D eigenvalue weighted by atomic mass is 9.90. The highest BCUT2D eigenvalue weighted by molar-refractivity contribution is 6.11. The summed E-state index contributed by atoms with van der Waals surface area (Å²) in [4.78, 5) is 7.64. The molecule has 3 heteroatoms. The molecule has 0 N–H and O–H groups in total. The molecule has 0 fully saturated rings. The van der Waals surface area contributed by atoms with Crippen LogP contribution in [0.3, 0.4) is 0 Å². The molecule has 12 rings (SSSR count). The molecule has 0 saturated carbocycles. The number of fused-ring (bicyclic) bond motifs is 4. The topological polar surface area (TPSA) is 29.3 Å². The van der Waals surface area contributed by atoms with E-state index in [0.717, 1.165) is 89.0 Å². The van der Waals surface area contributed by atoms with Gasteiger partial charge in [0.2, 0.25) is 5.89 Å². The van der Waals surface area contributed by atoms with E-state index in [1.807, 2.05) is 30.3 Å². The van der Waals surface area contributed by atoms with E-state index in [2.05, 4.69) is 229 Å². The lowest BCUT2D eigenvalue weighted by Crippen LogP contribution is -2.12. The number of aromatic nitrogens is 1. The van der Waals surface area contributed by atoms with E-state index < -0.39 is 0 Å². The summed E-state index contributed by atoms with van der Waals surface area (Å²) in [7, 11) is 0. The number of oxazole rings is 1. The highest BCUT2D eigenvalue weighted by Crippen LogP contribution is 2.47. The summed E-state index contributed by atoms with van der Waals surface area (Å²) in [5.41, 5.74) is 17.0. The summed E-state index contributed by atoms with van der Waals surface area (Å²) in [5.74, 6) is 0.605. The van der Waals surface area contributed by atoms with E-state index in [0.29, 0.717) is 5.89 Å². The standard InChI is InChI=1S/C63H42N2O/c1-5-19-43(20-6-1)48-30-17-31-51(39-48)65(52-36-37-56(57(42-52)45-21-7-2-8-22-45)55-34-18-29-44-25-13-15-32-53(44)55)60-38-35-50(40-58(60)46-23-9-3-10-24-46)59-41-49-28-14-16-33-54(49)62-61(59)64-63(66-62)47-26-11-4-12-27-47/h1-42H. The Morgan fingerprint density at radius 1 is 0.303 bits per heavy atom. The molecule has 12 aromatic rings. The van der Waals surface area contributed by atoms with Crippen molar-refractivity contribution >= 4 is 49.7 Å². The molecule has 66 heavy (non-hydrogen) atoms. The summed E-state index contributed by atoms with van der Waals surface area (Å²) in [5, 5.41) is 4.58. The highest BCUT2D eigenvalue weighted by atomic mass is 16.3. The largest absolute Gasteiger partial charge is 0.435 e. The number of anilines is 3. The van der Waals surface area contributed by atoms with Crippen molar-refractivity contribution in [3.8, 4) is 67.1 Å². The predicted molar refractivity (Wildman–Crippen MR) is 276 cm³/mol. The van der Waals surface area contributed by atoms with Gasteiger partial charge in [-0.05, 0) is 115 Å². The maximum atomic E-state index is 6.66. The lowest BCUT2D eigenvalue weighted by Gasteiger charge is -2.30. The van der Waals surface area contributed by atoms with Gasteiger partial charge in [-0.15, -0.1) is 0 Å². The first kappa shape index (κ1) is 38.9. The Kier molecular flexibility index (Phi) is 9.85. The average Bonchev–Trinajstić information content (AvgIpc) is 3.86. The molecule has 0 saturated heterocycles. The minimum absolute atomic E-state index is 0.605. The summed E-state index contributed by atoms with van der Waals surface area (Å²) >= 11 is 0. The second-order valence-electron chi connectivity index (χ2n) is 16.7. The van der Waals surface area contributed by atoms with E-state index >= 15 is 0 Å². The number of hydrogen-bond donors (Lipinski definition) is 0. The normalized spacial score (nSPS) is 11.3. The molecule has 310 valence electrons. The molecule has 0 aliphatic heterocycles. The Labute approximate surface area is 384 Å². The van der Waals surface area contributed by atoms with Crippen LogP contribution in [0.5, 0.6) is 0 Å². The molecule has 11 aromatic carbocycles. The van der Waals surface area contributed by atoms with E-state index in [-0.39, 0.29) is 0 Å². The first-order valence-corrected chi connectivity index (χ1v) is 22.4. The molecule has 1 aromatic heterocycles. The monoisotopic (exact) mass is 842 g/mol. The number of nitrogens with zero attached hydrogens (tertiary/aromatic N) is 2. The molecule has 0 spiro atoms. The van der Waals surface area contributed by atoms with Crippen molar-refractivity contribution in [1.82, 2.24) is 4.98 Å². The second kappa shape index (κ2) is 16.7. The van der Waals surface area contributed by atoms with Gasteiger partial charge in [0.1, 0.15) is 5.52 Å². The SMILES string of the molecule is c1ccc(-c2cccc(N(c3ccc(-c4cccc5ccccc45)c(-c4ccccc4)c3)c3ccc(-c4cc5ccccc5c5oc(-c6ccccc6)nc45)cc3-c3ccccc3)c2)cc1. The zero-order chi connectivity index (χ0) is 43.8. The molecule has 0 unspecified atom stereocenters. The summed E-state index contributed by atoms with van der Waals surface area (Å²) in [6, 6.07) is 91.0. The minimum Gasteiger partial charge on any atom is -0.435 e. The van der Waals surface area contributed by atoms with Crippen LogP contribution < -0.4 is 4.90 Å². The van der Waals surface area contributed by atoms with E-state index in [4.69, 9.17) is 9.40 Å². The van der Waals surface area contributed by atoms with Gasteiger partial charge >= 0.3 is 0 Å². The van der Waals surface area contributed by atoms with Crippen LogP contribution >= 0.6 is 0 Å². The van der Waals surface area contributed by atoms with Crippen LogP contribution in [0.2, 0.25) is 0 Å². The maximum absolute atomic E-state index is 6.66. The van der Waals surface area contributed by atoms with Gasteiger partial charge in [-0.1, -0.05) is 200 Å². The van der Waals surface area contributed by atoms with Gasteiger partial charge in [0.15, 0.2) is 5.58 Å². The van der Waals surface area contributed by atoms with E-state index in [1.54, 1.807) is 0 Å². The Balaban J connectivity index is 1.11. The third kappa shape index (κ3) is 7.10. The molecule has 1 heterocycles. The van der Waals surface area contributed by atoms with Gasteiger partial charge in [0.05, 0.1) is 5.69 Å². The van der Waals surface area contributed by atoms with Crippen molar-refractivity contribution in [1.29, 1.82) is 0 Å². The van der Waals surface area contributed by atoms with Crippen LogP contribution in [0.25, 0.3) is 99.7 Å². The fourth-order valence-corrected chi connectivity index (χ4v) is 9.52. The van der Waals surface area contributed by atoms with Crippen molar-refractivity contribution in [2.45, 2.75) is 0 Å². The molecule has 0 atom stereocenters. The minimum atomic E-state index is 0.605. The Morgan fingerprint density at radius 3 is 1.62 bits per heavy atom. The van der Waals surface area contributed by atoms with Crippen molar-refractivity contribution in [3.05, 3.63) is 255 Å². The second-order valence-corrected chi connectivity index (χ2v) is 16.7. The number of rotatable bonds is 9. The van der Waals surface area contributed by atoms with Gasteiger partial charge < -0.3 is 9.32 Å². The average molecular weight is 843 g/mol.